The van der Waals surface area contributed by atoms with E-state index in [0.717, 1.165) is 33.6 Å². The number of unbranched alkanes of at least 4 members (excludes halogenated alkanes) is 1. The predicted octanol–water partition coefficient (Wildman–Crippen LogP) is 10.7. The fraction of sp³-hybridized carbons (Fsp3) is 0.220. The first-order valence-electron chi connectivity index (χ1n) is 23.8. The zero-order valence-corrected chi connectivity index (χ0v) is 40.0. The number of hydrogen-bond acceptors (Lipinski definition) is 11. The van der Waals surface area contributed by atoms with Crippen LogP contribution in [-0.2, 0) is 55.5 Å². The van der Waals surface area contributed by atoms with Gasteiger partial charge in [-0.25, -0.2) is 4.79 Å². The first-order chi connectivity index (χ1) is 35.1. The number of Topliss-reactive ketones (excluding diaryl/α,β-unsaturated/α-hetero) is 1. The molecule has 0 aliphatic rings. The van der Waals surface area contributed by atoms with Crippen molar-refractivity contribution in [3.8, 4) is 11.5 Å². The maximum absolute atomic E-state index is 14.4. The summed E-state index contributed by atoms with van der Waals surface area (Å²) in [7, 11) is 1.64. The van der Waals surface area contributed by atoms with Crippen molar-refractivity contribution in [2.75, 3.05) is 13.7 Å². The second-order valence-corrected chi connectivity index (χ2v) is 17.3. The summed E-state index contributed by atoms with van der Waals surface area (Å²) >= 11 is 0. The Kier molecular flexibility index (Phi) is 18.6. The standard InChI is InChI=1S/C59H57N3O10/c1-69-52-33-29-50(30-34-52)59(48-20-10-4-11-21-48,49-22-12-5-13-23-49)60-37-15-14-24-54(61-57(65)47(38-43-16-6-2-7-17-43)40-56(64)70-41-45-18-8-3-9-19-45)55(63)39-44-25-27-46(28-26-44)42-71-58(66)72-53-35-31-51(32-36-53)62(67)68/h2-13,16-23,25-36,47,54,60H,14-15,24,37-42H2,1H3,(H,61,65)/t47-,54+/m1/s1. The van der Waals surface area contributed by atoms with Gasteiger partial charge in [0.15, 0.2) is 5.78 Å². The molecular weight excluding hydrogens is 911 g/mol. The summed E-state index contributed by atoms with van der Waals surface area (Å²) in [6.07, 6.45) is 0.636. The van der Waals surface area contributed by atoms with Crippen LogP contribution in [0.3, 0.4) is 0 Å². The van der Waals surface area contributed by atoms with Crippen molar-refractivity contribution in [3.63, 3.8) is 0 Å². The number of ketones is 1. The average Bonchev–Trinajstić information content (AvgIpc) is 3.42. The number of nitrogens with zero attached hydrogens (tertiary/aromatic N) is 1. The van der Waals surface area contributed by atoms with Gasteiger partial charge in [0.25, 0.3) is 5.69 Å². The number of hydrogen-bond donors (Lipinski definition) is 2. The molecule has 13 heteroatoms. The lowest BCUT2D eigenvalue weighted by Gasteiger charge is -2.37. The van der Waals surface area contributed by atoms with Crippen LogP contribution in [0.5, 0.6) is 11.5 Å². The van der Waals surface area contributed by atoms with E-state index in [1.165, 1.54) is 24.3 Å². The minimum Gasteiger partial charge on any atom is -0.497 e. The van der Waals surface area contributed by atoms with Crippen LogP contribution < -0.4 is 20.1 Å². The van der Waals surface area contributed by atoms with Gasteiger partial charge in [0.1, 0.15) is 24.7 Å². The lowest BCUT2D eigenvalue weighted by atomic mass is 9.77. The SMILES string of the molecule is COc1ccc(C(NCCCC[C@H](NC(=O)[C@@H](CC(=O)OCc2ccccc2)Cc2ccccc2)C(=O)Cc2ccc(COC(=O)Oc3ccc([N+](=O)[O-])cc3)cc2)(c2ccccc2)c2ccccc2)cc1. The number of benzene rings is 7. The Hall–Kier alpha value is -8.42. The molecule has 13 nitrogen and oxygen atoms in total. The number of nitro groups is 1. The summed E-state index contributed by atoms with van der Waals surface area (Å²) in [4.78, 5) is 65.0. The third-order valence-electron chi connectivity index (χ3n) is 12.3. The summed E-state index contributed by atoms with van der Waals surface area (Å²) < 4.78 is 21.5. The van der Waals surface area contributed by atoms with Gasteiger partial charge in [0.05, 0.1) is 36.0 Å². The van der Waals surface area contributed by atoms with Crippen LogP contribution >= 0.6 is 0 Å². The molecule has 0 saturated carbocycles. The highest BCUT2D eigenvalue weighted by atomic mass is 16.7. The number of ether oxygens (including phenoxy) is 4. The Morgan fingerprint density at radius 2 is 1.10 bits per heavy atom. The van der Waals surface area contributed by atoms with E-state index in [4.69, 9.17) is 18.9 Å². The number of carbonyl (C=O) groups is 4. The molecule has 0 aliphatic carbocycles. The average molecular weight is 968 g/mol. The van der Waals surface area contributed by atoms with Crippen molar-refractivity contribution >= 4 is 29.5 Å². The van der Waals surface area contributed by atoms with Crippen molar-refractivity contribution < 1.29 is 43.0 Å². The Bertz CT molecular complexity index is 2790. The summed E-state index contributed by atoms with van der Waals surface area (Å²) in [5, 5.41) is 17.9. The quantitative estimate of drug-likeness (QED) is 0.0139. The second-order valence-electron chi connectivity index (χ2n) is 17.3. The molecule has 1 amide bonds. The summed E-state index contributed by atoms with van der Waals surface area (Å²) in [6, 6.07) is 58.4. The topological polar surface area (TPSA) is 172 Å². The lowest BCUT2D eigenvalue weighted by molar-refractivity contribution is -0.384. The van der Waals surface area contributed by atoms with Gasteiger partial charge in [-0.2, -0.15) is 0 Å². The van der Waals surface area contributed by atoms with E-state index in [0.29, 0.717) is 36.9 Å². The molecule has 72 heavy (non-hydrogen) atoms. The fourth-order valence-corrected chi connectivity index (χ4v) is 8.51. The van der Waals surface area contributed by atoms with E-state index in [-0.39, 0.29) is 49.7 Å². The van der Waals surface area contributed by atoms with Crippen LogP contribution in [0.4, 0.5) is 10.5 Å². The van der Waals surface area contributed by atoms with Gasteiger partial charge in [-0.1, -0.05) is 158 Å². The molecule has 7 rings (SSSR count). The van der Waals surface area contributed by atoms with Crippen LogP contribution in [0.25, 0.3) is 0 Å². The van der Waals surface area contributed by atoms with E-state index < -0.39 is 40.5 Å². The molecule has 2 N–H and O–H groups in total. The summed E-state index contributed by atoms with van der Waals surface area (Å²) in [6.45, 7) is 0.497. The first kappa shape index (κ1) is 51.4. The van der Waals surface area contributed by atoms with Gasteiger partial charge in [-0.05, 0) is 95.4 Å². The maximum Gasteiger partial charge on any atom is 0.514 e. The Balaban J connectivity index is 1.06. The zero-order chi connectivity index (χ0) is 50.5. The Morgan fingerprint density at radius 1 is 0.583 bits per heavy atom. The van der Waals surface area contributed by atoms with Crippen molar-refractivity contribution in [1.82, 2.24) is 10.6 Å². The van der Waals surface area contributed by atoms with Crippen LogP contribution in [-0.4, -0.2) is 48.4 Å². The fourth-order valence-electron chi connectivity index (χ4n) is 8.51. The van der Waals surface area contributed by atoms with Crippen LogP contribution in [0, 0.1) is 16.0 Å². The number of methoxy groups -OCH3 is 1. The van der Waals surface area contributed by atoms with Crippen LogP contribution in [0.15, 0.2) is 194 Å². The molecule has 7 aromatic rings. The lowest BCUT2D eigenvalue weighted by Crippen LogP contribution is -2.46. The molecule has 7 aromatic carbocycles. The molecule has 0 radical (unpaired) electrons. The molecule has 0 bridgehead atoms. The van der Waals surface area contributed by atoms with Gasteiger partial charge in [0, 0.05) is 18.6 Å². The summed E-state index contributed by atoms with van der Waals surface area (Å²) in [5.41, 5.74) is 5.24. The highest BCUT2D eigenvalue weighted by Crippen LogP contribution is 2.37. The second kappa shape index (κ2) is 26.0. The highest BCUT2D eigenvalue weighted by molar-refractivity contribution is 5.92. The monoisotopic (exact) mass is 967 g/mol. The molecular formula is C59H57N3O10. The minimum atomic E-state index is -0.988. The molecule has 368 valence electrons. The van der Waals surface area contributed by atoms with Crippen LogP contribution in [0.2, 0.25) is 0 Å². The zero-order valence-electron chi connectivity index (χ0n) is 40.0. The molecule has 0 spiro atoms. The number of rotatable bonds is 25. The number of esters is 1. The van der Waals surface area contributed by atoms with Crippen LogP contribution in [0.1, 0.15) is 64.6 Å². The van der Waals surface area contributed by atoms with E-state index >= 15 is 0 Å². The van der Waals surface area contributed by atoms with Gasteiger partial charge in [-0.3, -0.25) is 29.8 Å². The van der Waals surface area contributed by atoms with Gasteiger partial charge < -0.3 is 24.3 Å². The number of carbonyl (C=O) groups excluding carboxylic acids is 4. The third kappa shape index (κ3) is 14.6. The van der Waals surface area contributed by atoms with Crippen molar-refractivity contribution in [2.45, 2.75) is 63.3 Å². The third-order valence-corrected chi connectivity index (χ3v) is 12.3. The Morgan fingerprint density at radius 3 is 1.68 bits per heavy atom. The number of amides is 1. The van der Waals surface area contributed by atoms with Crippen molar-refractivity contribution in [1.29, 1.82) is 0 Å². The number of nitrogens with one attached hydrogen (secondary N) is 2. The molecule has 0 fully saturated rings. The summed E-state index contributed by atoms with van der Waals surface area (Å²) in [5.74, 6) is -1.14. The predicted molar refractivity (Wildman–Crippen MR) is 273 cm³/mol. The molecule has 0 heterocycles. The van der Waals surface area contributed by atoms with E-state index in [1.807, 2.05) is 109 Å². The minimum absolute atomic E-state index is 0.00240. The van der Waals surface area contributed by atoms with E-state index in [9.17, 15) is 29.3 Å². The van der Waals surface area contributed by atoms with Crippen molar-refractivity contribution in [3.05, 3.63) is 243 Å². The number of non-ortho nitro benzene ring substituents is 1. The molecule has 0 unspecified atom stereocenters. The first-order valence-corrected chi connectivity index (χ1v) is 23.8. The smallest absolute Gasteiger partial charge is 0.497 e. The molecule has 0 aliphatic heterocycles. The van der Waals surface area contributed by atoms with Crippen molar-refractivity contribution in [2.24, 2.45) is 5.92 Å². The van der Waals surface area contributed by atoms with E-state index in [1.54, 1.807) is 31.4 Å². The molecule has 2 atom stereocenters. The van der Waals surface area contributed by atoms with Gasteiger partial charge >= 0.3 is 12.1 Å². The van der Waals surface area contributed by atoms with Gasteiger partial charge in [0.2, 0.25) is 5.91 Å². The molecule has 0 aromatic heterocycles. The number of nitro benzene ring substituents is 1. The Labute approximate surface area is 419 Å². The maximum atomic E-state index is 14.4. The highest BCUT2D eigenvalue weighted by Gasteiger charge is 2.36. The molecule has 0 saturated heterocycles. The van der Waals surface area contributed by atoms with E-state index in [2.05, 4.69) is 47.0 Å². The van der Waals surface area contributed by atoms with Gasteiger partial charge in [-0.15, -0.1) is 0 Å². The normalized spacial score (nSPS) is 11.9. The largest absolute Gasteiger partial charge is 0.514 e.